The van der Waals surface area contributed by atoms with Gasteiger partial charge in [-0.2, -0.15) is 0 Å². The highest BCUT2D eigenvalue weighted by Crippen LogP contribution is 2.22. The van der Waals surface area contributed by atoms with Gasteiger partial charge < -0.3 is 9.47 Å². The number of ether oxygens (including phenoxy) is 2. The molecule has 0 heterocycles. The fourth-order valence-electron chi connectivity index (χ4n) is 4.76. The van der Waals surface area contributed by atoms with Crippen LogP contribution in [0.15, 0.2) is 30.3 Å². The molecule has 0 aromatic heterocycles. The summed E-state index contributed by atoms with van der Waals surface area (Å²) in [5.41, 5.74) is 1.24. The van der Waals surface area contributed by atoms with Gasteiger partial charge >= 0.3 is 0 Å². The van der Waals surface area contributed by atoms with Gasteiger partial charge in [0.2, 0.25) is 0 Å². The molecule has 4 unspecified atom stereocenters. The first-order valence-electron chi connectivity index (χ1n) is 14.6. The van der Waals surface area contributed by atoms with Gasteiger partial charge in [0.05, 0.1) is 19.3 Å². The van der Waals surface area contributed by atoms with Crippen molar-refractivity contribution in [3.05, 3.63) is 35.9 Å². The molecule has 1 aromatic carbocycles. The third-order valence-electron chi connectivity index (χ3n) is 7.26. The van der Waals surface area contributed by atoms with Gasteiger partial charge in [-0.25, -0.2) is 0 Å². The molecule has 2 nitrogen and oxygen atoms in total. The van der Waals surface area contributed by atoms with Crippen molar-refractivity contribution in [2.75, 3.05) is 13.2 Å². The Morgan fingerprint density at radius 2 is 1.18 bits per heavy atom. The van der Waals surface area contributed by atoms with Gasteiger partial charge in [-0.1, -0.05) is 136 Å². The molecule has 0 radical (unpaired) electrons. The number of hydrogen-bond donors (Lipinski definition) is 0. The number of hydrogen-bond acceptors (Lipinski definition) is 2. The molecule has 0 bridgehead atoms. The molecule has 34 heavy (non-hydrogen) atoms. The van der Waals surface area contributed by atoms with Crippen LogP contribution in [-0.4, -0.2) is 19.3 Å². The molecule has 2 heteroatoms. The van der Waals surface area contributed by atoms with E-state index in [9.17, 15) is 0 Å². The number of rotatable bonds is 22. The van der Waals surface area contributed by atoms with Crippen molar-refractivity contribution in [3.63, 3.8) is 0 Å². The summed E-state index contributed by atoms with van der Waals surface area (Å²) in [7, 11) is 0. The van der Waals surface area contributed by atoms with E-state index >= 15 is 0 Å². The van der Waals surface area contributed by atoms with Crippen LogP contribution in [-0.2, 0) is 16.1 Å². The molecule has 4 atom stereocenters. The normalized spacial score (nSPS) is 15.4. The van der Waals surface area contributed by atoms with Crippen molar-refractivity contribution >= 4 is 0 Å². The Morgan fingerprint density at radius 1 is 0.647 bits per heavy atom. The molecule has 0 saturated heterocycles. The van der Waals surface area contributed by atoms with Crippen molar-refractivity contribution in [1.29, 1.82) is 0 Å². The lowest BCUT2D eigenvalue weighted by Gasteiger charge is -2.19. The quantitative estimate of drug-likeness (QED) is 0.156. The Kier molecular flexibility index (Phi) is 18.7. The maximum atomic E-state index is 6.12. The largest absolute Gasteiger partial charge is 0.379 e. The highest BCUT2D eigenvalue weighted by Gasteiger charge is 2.11. The van der Waals surface area contributed by atoms with Gasteiger partial charge in [0.25, 0.3) is 0 Å². The van der Waals surface area contributed by atoms with Crippen LogP contribution in [0.5, 0.6) is 0 Å². The van der Waals surface area contributed by atoms with Crippen molar-refractivity contribution < 1.29 is 9.47 Å². The van der Waals surface area contributed by atoms with Gasteiger partial charge in [-0.3, -0.25) is 0 Å². The molecule has 0 N–H and O–H groups in total. The van der Waals surface area contributed by atoms with Crippen LogP contribution >= 0.6 is 0 Å². The van der Waals surface area contributed by atoms with E-state index in [0.29, 0.717) is 6.61 Å². The molecule has 0 saturated carbocycles. The van der Waals surface area contributed by atoms with E-state index in [2.05, 4.69) is 71.9 Å². The minimum absolute atomic E-state index is 0.208. The molecule has 1 rings (SSSR count). The highest BCUT2D eigenvalue weighted by atomic mass is 16.5. The lowest BCUT2D eigenvalue weighted by atomic mass is 9.91. The van der Waals surface area contributed by atoms with Crippen LogP contribution in [0.2, 0.25) is 0 Å². The summed E-state index contributed by atoms with van der Waals surface area (Å²) >= 11 is 0. The zero-order chi connectivity index (χ0) is 25.0. The molecule has 0 aliphatic carbocycles. The lowest BCUT2D eigenvalue weighted by molar-refractivity contribution is -0.0309. The maximum Gasteiger partial charge on any atom is 0.0812 e. The maximum absolute atomic E-state index is 6.12. The molecule has 1 aromatic rings. The smallest absolute Gasteiger partial charge is 0.0812 e. The van der Waals surface area contributed by atoms with Crippen LogP contribution in [0, 0.1) is 23.7 Å². The van der Waals surface area contributed by atoms with Crippen molar-refractivity contribution in [2.24, 2.45) is 23.7 Å². The summed E-state index contributed by atoms with van der Waals surface area (Å²) in [4.78, 5) is 0. The topological polar surface area (TPSA) is 18.5 Å². The summed E-state index contributed by atoms with van der Waals surface area (Å²) < 4.78 is 12.1. The molecular formula is C32H58O2. The third-order valence-corrected chi connectivity index (χ3v) is 7.26. The van der Waals surface area contributed by atoms with E-state index < -0.39 is 0 Å². The van der Waals surface area contributed by atoms with E-state index in [4.69, 9.17) is 9.47 Å². The highest BCUT2D eigenvalue weighted by molar-refractivity contribution is 5.13. The van der Waals surface area contributed by atoms with Gasteiger partial charge in [0.1, 0.15) is 0 Å². The third kappa shape index (κ3) is 17.6. The minimum atomic E-state index is 0.208. The Labute approximate surface area is 213 Å². The second-order valence-corrected chi connectivity index (χ2v) is 11.6. The van der Waals surface area contributed by atoms with Gasteiger partial charge in [-0.15, -0.1) is 0 Å². The summed E-state index contributed by atoms with van der Waals surface area (Å²) in [5.74, 6) is 3.40. The predicted molar refractivity (Wildman–Crippen MR) is 149 cm³/mol. The summed E-state index contributed by atoms with van der Waals surface area (Å²) in [6, 6.07) is 10.4. The second-order valence-electron chi connectivity index (χ2n) is 11.6. The second kappa shape index (κ2) is 20.3. The van der Waals surface area contributed by atoms with Crippen LogP contribution in [0.25, 0.3) is 0 Å². The van der Waals surface area contributed by atoms with Gasteiger partial charge in [0, 0.05) is 6.61 Å². The molecule has 198 valence electrons. The van der Waals surface area contributed by atoms with Crippen LogP contribution in [0.1, 0.15) is 124 Å². The van der Waals surface area contributed by atoms with Crippen LogP contribution < -0.4 is 0 Å². The van der Waals surface area contributed by atoms with Crippen molar-refractivity contribution in [3.8, 4) is 0 Å². The van der Waals surface area contributed by atoms with E-state index in [1.54, 1.807) is 0 Å². The van der Waals surface area contributed by atoms with Crippen molar-refractivity contribution in [2.45, 2.75) is 131 Å². The predicted octanol–water partition coefficient (Wildman–Crippen LogP) is 9.85. The monoisotopic (exact) mass is 474 g/mol. The molecule has 0 aliphatic heterocycles. The van der Waals surface area contributed by atoms with Gasteiger partial charge in [-0.05, 0) is 42.1 Å². The Bertz CT molecular complexity index is 555. The van der Waals surface area contributed by atoms with E-state index in [1.807, 2.05) is 0 Å². The Balaban J connectivity index is 2.04. The summed E-state index contributed by atoms with van der Waals surface area (Å²) in [6.45, 7) is 16.5. The average molecular weight is 475 g/mol. The zero-order valence-corrected chi connectivity index (χ0v) is 23.7. The molecular weight excluding hydrogens is 416 g/mol. The molecule has 0 aliphatic rings. The van der Waals surface area contributed by atoms with Crippen LogP contribution in [0.4, 0.5) is 0 Å². The summed E-state index contributed by atoms with van der Waals surface area (Å²) in [5, 5.41) is 0. The van der Waals surface area contributed by atoms with Gasteiger partial charge in [0.15, 0.2) is 0 Å². The standard InChI is InChI=1S/C32H58O2/c1-7-14-32(34-25-31-21-9-8-10-22-31)26-33-24-23-30(6)20-13-19-29(5)18-12-17-28(4)16-11-15-27(2)3/h8-10,21-22,27-30,32H,7,11-20,23-26H2,1-6H3. The fourth-order valence-corrected chi connectivity index (χ4v) is 4.76. The average Bonchev–Trinajstić information content (AvgIpc) is 2.80. The van der Waals surface area contributed by atoms with Crippen LogP contribution in [0.3, 0.4) is 0 Å². The Hall–Kier alpha value is -0.860. The van der Waals surface area contributed by atoms with E-state index in [1.165, 1.54) is 69.8 Å². The first kappa shape index (κ1) is 31.2. The minimum Gasteiger partial charge on any atom is -0.379 e. The van der Waals surface area contributed by atoms with Crippen molar-refractivity contribution in [1.82, 2.24) is 0 Å². The SMILES string of the molecule is CCCC(COCCC(C)CCCC(C)CCCC(C)CCCC(C)C)OCc1ccccc1. The lowest BCUT2D eigenvalue weighted by Crippen LogP contribution is -2.20. The first-order chi connectivity index (χ1) is 16.4. The van der Waals surface area contributed by atoms with E-state index in [-0.39, 0.29) is 6.10 Å². The van der Waals surface area contributed by atoms with E-state index in [0.717, 1.165) is 49.7 Å². The first-order valence-corrected chi connectivity index (χ1v) is 14.6. The number of benzene rings is 1. The molecule has 0 amide bonds. The molecule has 0 fully saturated rings. The zero-order valence-electron chi connectivity index (χ0n) is 23.7. The fraction of sp³-hybridized carbons (Fsp3) is 0.812. The Morgan fingerprint density at radius 3 is 1.71 bits per heavy atom. The summed E-state index contributed by atoms with van der Waals surface area (Å²) in [6.07, 6.45) is 16.1. The molecule has 0 spiro atoms.